The monoisotopic (exact) mass is 381 g/mol. The van der Waals surface area contributed by atoms with Crippen LogP contribution in [0.15, 0.2) is 59.8 Å². The molecule has 0 amide bonds. The molecule has 1 atom stereocenters. The van der Waals surface area contributed by atoms with Gasteiger partial charge < -0.3 is 14.8 Å². The predicted molar refractivity (Wildman–Crippen MR) is 103 cm³/mol. The van der Waals surface area contributed by atoms with Crippen molar-refractivity contribution >= 4 is 23.0 Å². The molecule has 3 aromatic rings. The molecule has 1 N–H and O–H groups in total. The zero-order valence-corrected chi connectivity index (χ0v) is 15.6. The van der Waals surface area contributed by atoms with Gasteiger partial charge in [-0.05, 0) is 36.8 Å². The lowest BCUT2D eigenvalue weighted by atomic mass is 9.95. The first kappa shape index (κ1) is 18.2. The molecule has 0 radical (unpaired) electrons. The van der Waals surface area contributed by atoms with E-state index in [1.54, 1.807) is 26.2 Å². The second-order valence-corrected chi connectivity index (χ2v) is 6.54. The van der Waals surface area contributed by atoms with Gasteiger partial charge in [0.05, 0.1) is 29.3 Å². The standard InChI is InChI=1S/C21H20FN3O3/c1-13-18(20(26)28-11-10-27-2)19(14-6-5-7-15(22)12-14)25-17-9-4-3-8-16(17)24-21(25)23-13/h3-9,12,19H,10-11H2,1-2H3,(H,23,24). The van der Waals surface area contributed by atoms with Gasteiger partial charge in [0, 0.05) is 12.8 Å². The number of imidazole rings is 1. The maximum absolute atomic E-state index is 14.0. The number of methoxy groups -OCH3 is 1. The molecule has 4 rings (SSSR count). The molecular weight excluding hydrogens is 361 g/mol. The van der Waals surface area contributed by atoms with Crippen LogP contribution in [0.4, 0.5) is 10.3 Å². The molecule has 1 aliphatic heterocycles. The van der Waals surface area contributed by atoms with Crippen molar-refractivity contribution in [2.45, 2.75) is 13.0 Å². The van der Waals surface area contributed by atoms with Crippen LogP contribution in [-0.4, -0.2) is 35.8 Å². The number of para-hydroxylation sites is 2. The van der Waals surface area contributed by atoms with Gasteiger partial charge in [-0.15, -0.1) is 0 Å². The number of nitrogens with zero attached hydrogens (tertiary/aromatic N) is 2. The molecule has 28 heavy (non-hydrogen) atoms. The number of nitrogens with one attached hydrogen (secondary N) is 1. The molecular formula is C21H20FN3O3. The molecule has 7 heteroatoms. The minimum absolute atomic E-state index is 0.138. The van der Waals surface area contributed by atoms with Gasteiger partial charge in [0.1, 0.15) is 12.4 Å². The largest absolute Gasteiger partial charge is 0.460 e. The van der Waals surface area contributed by atoms with E-state index in [-0.39, 0.29) is 12.4 Å². The summed E-state index contributed by atoms with van der Waals surface area (Å²) >= 11 is 0. The Morgan fingerprint density at radius 1 is 1.21 bits per heavy atom. The van der Waals surface area contributed by atoms with Crippen LogP contribution in [0.2, 0.25) is 0 Å². The van der Waals surface area contributed by atoms with E-state index in [0.29, 0.717) is 29.4 Å². The number of hydrogen-bond acceptors (Lipinski definition) is 5. The third-order valence-corrected chi connectivity index (χ3v) is 4.74. The normalized spacial score (nSPS) is 16.0. The van der Waals surface area contributed by atoms with Crippen molar-refractivity contribution in [2.75, 3.05) is 25.6 Å². The third-order valence-electron chi connectivity index (χ3n) is 4.74. The van der Waals surface area contributed by atoms with E-state index in [0.717, 1.165) is 11.0 Å². The molecule has 1 unspecified atom stereocenters. The molecule has 2 heterocycles. The molecule has 1 aliphatic rings. The number of benzene rings is 2. The fraction of sp³-hybridized carbons (Fsp3) is 0.238. The SMILES string of the molecule is COCCOC(=O)C1=C(C)Nc2nc3ccccc3n2C1c1cccc(F)c1. The fourth-order valence-electron chi connectivity index (χ4n) is 3.52. The lowest BCUT2D eigenvalue weighted by molar-refractivity contribution is -0.140. The van der Waals surface area contributed by atoms with Gasteiger partial charge in [0.25, 0.3) is 0 Å². The summed E-state index contributed by atoms with van der Waals surface area (Å²) in [5.41, 5.74) is 3.31. The Balaban J connectivity index is 1.88. The topological polar surface area (TPSA) is 65.4 Å². The van der Waals surface area contributed by atoms with Gasteiger partial charge in [-0.2, -0.15) is 0 Å². The van der Waals surface area contributed by atoms with Crippen molar-refractivity contribution in [3.63, 3.8) is 0 Å². The van der Waals surface area contributed by atoms with Crippen LogP contribution in [0.1, 0.15) is 18.5 Å². The van der Waals surface area contributed by atoms with Crippen LogP contribution >= 0.6 is 0 Å². The van der Waals surface area contributed by atoms with Crippen molar-refractivity contribution < 1.29 is 18.7 Å². The number of fused-ring (bicyclic) bond motifs is 3. The Bertz CT molecular complexity index is 1070. The van der Waals surface area contributed by atoms with Gasteiger partial charge in [-0.1, -0.05) is 24.3 Å². The number of esters is 1. The minimum Gasteiger partial charge on any atom is -0.460 e. The molecule has 0 saturated carbocycles. The first-order valence-corrected chi connectivity index (χ1v) is 8.96. The van der Waals surface area contributed by atoms with Crippen LogP contribution in [0.5, 0.6) is 0 Å². The van der Waals surface area contributed by atoms with Gasteiger partial charge in [0.15, 0.2) is 0 Å². The molecule has 1 aromatic heterocycles. The molecule has 2 aromatic carbocycles. The van der Waals surface area contributed by atoms with E-state index in [1.807, 2.05) is 28.8 Å². The van der Waals surface area contributed by atoms with Crippen molar-refractivity contribution in [3.05, 3.63) is 71.2 Å². The van der Waals surface area contributed by atoms with E-state index >= 15 is 0 Å². The molecule has 0 fully saturated rings. The summed E-state index contributed by atoms with van der Waals surface area (Å²) in [7, 11) is 1.54. The molecule has 6 nitrogen and oxygen atoms in total. The van der Waals surface area contributed by atoms with E-state index in [9.17, 15) is 9.18 Å². The number of ether oxygens (including phenoxy) is 2. The highest BCUT2D eigenvalue weighted by molar-refractivity contribution is 5.94. The molecule has 0 bridgehead atoms. The Morgan fingerprint density at radius 2 is 2.04 bits per heavy atom. The second kappa shape index (κ2) is 7.44. The Labute approximate surface area is 161 Å². The first-order valence-electron chi connectivity index (χ1n) is 8.96. The lowest BCUT2D eigenvalue weighted by Crippen LogP contribution is -2.29. The quantitative estimate of drug-likeness (QED) is 0.540. The van der Waals surface area contributed by atoms with E-state index in [2.05, 4.69) is 10.3 Å². The number of rotatable bonds is 5. The predicted octanol–water partition coefficient (Wildman–Crippen LogP) is 3.65. The minimum atomic E-state index is -0.561. The molecule has 0 spiro atoms. The van der Waals surface area contributed by atoms with E-state index in [4.69, 9.17) is 9.47 Å². The average molecular weight is 381 g/mol. The van der Waals surface area contributed by atoms with Crippen LogP contribution in [0.25, 0.3) is 11.0 Å². The van der Waals surface area contributed by atoms with E-state index in [1.165, 1.54) is 12.1 Å². The smallest absolute Gasteiger partial charge is 0.338 e. The van der Waals surface area contributed by atoms with Crippen molar-refractivity contribution in [1.82, 2.24) is 9.55 Å². The summed E-state index contributed by atoms with van der Waals surface area (Å²) in [4.78, 5) is 17.5. The Morgan fingerprint density at radius 3 is 2.82 bits per heavy atom. The summed E-state index contributed by atoms with van der Waals surface area (Å²) in [6.07, 6.45) is 0. The van der Waals surface area contributed by atoms with Gasteiger partial charge >= 0.3 is 5.97 Å². The van der Waals surface area contributed by atoms with Crippen LogP contribution < -0.4 is 5.32 Å². The molecule has 0 saturated heterocycles. The summed E-state index contributed by atoms with van der Waals surface area (Å²) in [5, 5.41) is 3.19. The summed E-state index contributed by atoms with van der Waals surface area (Å²) in [6, 6.07) is 13.3. The Kier molecular flexibility index (Phi) is 4.83. The third kappa shape index (κ3) is 3.14. The highest BCUT2D eigenvalue weighted by Gasteiger charge is 2.35. The number of aromatic nitrogens is 2. The maximum atomic E-state index is 14.0. The summed E-state index contributed by atoms with van der Waals surface area (Å²) in [6.45, 7) is 2.23. The van der Waals surface area contributed by atoms with Gasteiger partial charge in [-0.25, -0.2) is 14.2 Å². The second-order valence-electron chi connectivity index (χ2n) is 6.54. The van der Waals surface area contributed by atoms with Crippen molar-refractivity contribution in [2.24, 2.45) is 0 Å². The number of hydrogen-bond donors (Lipinski definition) is 1. The van der Waals surface area contributed by atoms with Crippen LogP contribution in [-0.2, 0) is 14.3 Å². The molecule has 144 valence electrons. The van der Waals surface area contributed by atoms with E-state index < -0.39 is 12.0 Å². The Hall–Kier alpha value is -3.19. The highest BCUT2D eigenvalue weighted by atomic mass is 19.1. The average Bonchev–Trinajstić information content (AvgIpc) is 3.04. The maximum Gasteiger partial charge on any atom is 0.338 e. The summed E-state index contributed by atoms with van der Waals surface area (Å²) < 4.78 is 26.3. The number of anilines is 1. The zero-order chi connectivity index (χ0) is 19.7. The first-order chi connectivity index (χ1) is 13.6. The zero-order valence-electron chi connectivity index (χ0n) is 15.6. The van der Waals surface area contributed by atoms with Crippen molar-refractivity contribution in [3.8, 4) is 0 Å². The van der Waals surface area contributed by atoms with Crippen molar-refractivity contribution in [1.29, 1.82) is 0 Å². The van der Waals surface area contributed by atoms with Crippen LogP contribution in [0, 0.1) is 5.82 Å². The number of carbonyl (C=O) groups excluding carboxylic acids is 1. The van der Waals surface area contributed by atoms with Gasteiger partial charge in [-0.3, -0.25) is 4.57 Å². The number of allylic oxidation sites excluding steroid dienone is 1. The fourth-order valence-corrected chi connectivity index (χ4v) is 3.52. The number of halogens is 1. The lowest BCUT2D eigenvalue weighted by Gasteiger charge is -2.30. The summed E-state index contributed by atoms with van der Waals surface area (Å²) in [5.74, 6) is -0.243. The molecule has 0 aliphatic carbocycles. The van der Waals surface area contributed by atoms with Gasteiger partial charge in [0.2, 0.25) is 5.95 Å². The number of carbonyl (C=O) groups is 1. The van der Waals surface area contributed by atoms with Crippen LogP contribution in [0.3, 0.4) is 0 Å². The highest BCUT2D eigenvalue weighted by Crippen LogP contribution is 2.39.